The van der Waals surface area contributed by atoms with Crippen molar-refractivity contribution in [3.63, 3.8) is 0 Å². The summed E-state index contributed by atoms with van der Waals surface area (Å²) in [6, 6.07) is 12.3. The molecule has 2 amide bonds. The highest BCUT2D eigenvalue weighted by Gasteiger charge is 2.40. The fraction of sp³-hybridized carbons (Fsp3) is 0.571. The lowest BCUT2D eigenvalue weighted by molar-refractivity contribution is -0.145. The van der Waals surface area contributed by atoms with Crippen LogP contribution < -0.4 is 10.2 Å². The van der Waals surface area contributed by atoms with Crippen LogP contribution in [0.15, 0.2) is 30.3 Å². The van der Waals surface area contributed by atoms with Gasteiger partial charge in [-0.1, -0.05) is 31.0 Å². The summed E-state index contributed by atoms with van der Waals surface area (Å²) in [4.78, 5) is 30.0. The van der Waals surface area contributed by atoms with Crippen molar-refractivity contribution in [2.75, 3.05) is 31.1 Å². The Morgan fingerprint density at radius 1 is 1.15 bits per heavy atom. The molecule has 3 rings (SSSR count). The molecule has 1 saturated heterocycles. The largest absolute Gasteiger partial charge is 0.368 e. The monoisotopic (exact) mass is 368 g/mol. The smallest absolute Gasteiger partial charge is 0.226 e. The maximum absolute atomic E-state index is 13.3. The second-order valence-corrected chi connectivity index (χ2v) is 7.54. The van der Waals surface area contributed by atoms with Crippen LogP contribution in [0.5, 0.6) is 0 Å². The van der Waals surface area contributed by atoms with E-state index in [4.69, 9.17) is 5.26 Å². The van der Waals surface area contributed by atoms with E-state index >= 15 is 0 Å². The molecule has 0 radical (unpaired) electrons. The second-order valence-electron chi connectivity index (χ2n) is 7.54. The van der Waals surface area contributed by atoms with E-state index in [0.29, 0.717) is 6.54 Å². The molecular weight excluding hydrogens is 340 g/mol. The maximum Gasteiger partial charge on any atom is 0.226 e. The Balaban J connectivity index is 1.65. The topological polar surface area (TPSA) is 76.4 Å². The van der Waals surface area contributed by atoms with Crippen LogP contribution in [0.4, 0.5) is 5.69 Å². The lowest BCUT2D eigenvalue weighted by atomic mass is 9.77. The first-order valence-electron chi connectivity index (χ1n) is 9.87. The average Bonchev–Trinajstić information content (AvgIpc) is 2.72. The van der Waals surface area contributed by atoms with Gasteiger partial charge in [-0.05, 0) is 31.9 Å². The van der Waals surface area contributed by atoms with Gasteiger partial charge in [0.1, 0.15) is 6.54 Å². The maximum atomic E-state index is 13.3. The van der Waals surface area contributed by atoms with Crippen LogP contribution in [0.1, 0.15) is 32.6 Å². The third-order valence-corrected chi connectivity index (χ3v) is 5.79. The van der Waals surface area contributed by atoms with Crippen molar-refractivity contribution in [2.45, 2.75) is 38.6 Å². The Morgan fingerprint density at radius 3 is 2.52 bits per heavy atom. The molecule has 3 atom stereocenters. The molecule has 1 aliphatic heterocycles. The molecule has 1 aliphatic carbocycles. The van der Waals surface area contributed by atoms with E-state index in [1.54, 1.807) is 0 Å². The molecule has 0 bridgehead atoms. The van der Waals surface area contributed by atoms with E-state index in [9.17, 15) is 9.59 Å². The van der Waals surface area contributed by atoms with Gasteiger partial charge in [-0.3, -0.25) is 9.59 Å². The van der Waals surface area contributed by atoms with Gasteiger partial charge < -0.3 is 15.1 Å². The summed E-state index contributed by atoms with van der Waals surface area (Å²) < 4.78 is 0. The number of nitriles is 1. The average molecular weight is 368 g/mol. The lowest BCUT2D eigenvalue weighted by Gasteiger charge is -2.43. The van der Waals surface area contributed by atoms with Crippen LogP contribution in [-0.4, -0.2) is 48.9 Å². The SMILES string of the molecule is C[C@@H]1CN(c2ccccc2)CCN1C(=O)[C@@H]1CCCC[C@H]1C(=O)NCC#N. The molecule has 144 valence electrons. The number of carbonyl (C=O) groups excluding carboxylic acids is 2. The summed E-state index contributed by atoms with van der Waals surface area (Å²) in [6.45, 7) is 4.37. The highest BCUT2D eigenvalue weighted by molar-refractivity contribution is 5.88. The molecule has 27 heavy (non-hydrogen) atoms. The minimum absolute atomic E-state index is 0.00238. The van der Waals surface area contributed by atoms with Gasteiger partial charge in [0.15, 0.2) is 0 Å². The number of nitrogens with one attached hydrogen (secondary N) is 1. The van der Waals surface area contributed by atoms with Crippen molar-refractivity contribution < 1.29 is 9.59 Å². The highest BCUT2D eigenvalue weighted by Crippen LogP contribution is 2.33. The van der Waals surface area contributed by atoms with E-state index in [-0.39, 0.29) is 36.2 Å². The van der Waals surface area contributed by atoms with Gasteiger partial charge in [0, 0.05) is 43.2 Å². The number of benzene rings is 1. The summed E-state index contributed by atoms with van der Waals surface area (Å²) in [5.41, 5.74) is 1.18. The van der Waals surface area contributed by atoms with Crippen molar-refractivity contribution >= 4 is 17.5 Å². The zero-order chi connectivity index (χ0) is 19.2. The standard InChI is InChI=1S/C21H28N4O2/c1-16-15-24(17-7-3-2-4-8-17)13-14-25(16)21(27)19-10-6-5-9-18(19)20(26)23-12-11-22/h2-4,7-8,16,18-19H,5-6,9-10,12-15H2,1H3,(H,23,26)/t16-,18-,19-/m1/s1. The van der Waals surface area contributed by atoms with E-state index in [1.807, 2.05) is 29.2 Å². The predicted molar refractivity (Wildman–Crippen MR) is 104 cm³/mol. The van der Waals surface area contributed by atoms with E-state index in [0.717, 1.165) is 38.8 Å². The fourth-order valence-corrected chi connectivity index (χ4v) is 4.37. The van der Waals surface area contributed by atoms with Crippen LogP contribution in [-0.2, 0) is 9.59 Å². The van der Waals surface area contributed by atoms with Gasteiger partial charge in [-0.2, -0.15) is 5.26 Å². The predicted octanol–water partition coefficient (Wildman–Crippen LogP) is 2.17. The Hall–Kier alpha value is -2.55. The number of rotatable bonds is 4. The highest BCUT2D eigenvalue weighted by atomic mass is 16.2. The summed E-state index contributed by atoms with van der Waals surface area (Å²) in [7, 11) is 0. The van der Waals surface area contributed by atoms with Crippen LogP contribution in [0.25, 0.3) is 0 Å². The van der Waals surface area contributed by atoms with Gasteiger partial charge in [0.2, 0.25) is 11.8 Å². The molecule has 0 aromatic heterocycles. The molecule has 6 nitrogen and oxygen atoms in total. The van der Waals surface area contributed by atoms with Gasteiger partial charge >= 0.3 is 0 Å². The number of anilines is 1. The molecular formula is C21H28N4O2. The van der Waals surface area contributed by atoms with Crippen molar-refractivity contribution in [2.24, 2.45) is 11.8 Å². The van der Waals surface area contributed by atoms with E-state index < -0.39 is 0 Å². The molecule has 2 aliphatic rings. The van der Waals surface area contributed by atoms with Gasteiger partial charge in [0.25, 0.3) is 0 Å². The Bertz CT molecular complexity index is 700. The van der Waals surface area contributed by atoms with Crippen molar-refractivity contribution in [3.05, 3.63) is 30.3 Å². The van der Waals surface area contributed by atoms with Crippen LogP contribution >= 0.6 is 0 Å². The quantitative estimate of drug-likeness (QED) is 0.827. The Labute approximate surface area is 161 Å². The molecule has 1 saturated carbocycles. The summed E-state index contributed by atoms with van der Waals surface area (Å²) in [5.74, 6) is -0.612. The molecule has 2 fully saturated rings. The van der Waals surface area contributed by atoms with Crippen molar-refractivity contribution in [1.82, 2.24) is 10.2 Å². The zero-order valence-corrected chi connectivity index (χ0v) is 15.9. The number of hydrogen-bond acceptors (Lipinski definition) is 4. The summed E-state index contributed by atoms with van der Waals surface area (Å²) >= 11 is 0. The first-order chi connectivity index (χ1) is 13.1. The summed E-state index contributed by atoms with van der Waals surface area (Å²) in [6.07, 6.45) is 3.43. The first kappa shape index (κ1) is 19.2. The third-order valence-electron chi connectivity index (χ3n) is 5.79. The molecule has 1 aromatic carbocycles. The normalized spacial score (nSPS) is 25.6. The number of carbonyl (C=O) groups is 2. The molecule has 6 heteroatoms. The first-order valence-corrected chi connectivity index (χ1v) is 9.87. The molecule has 0 unspecified atom stereocenters. The number of nitrogens with zero attached hydrogens (tertiary/aromatic N) is 3. The van der Waals surface area contributed by atoms with Crippen molar-refractivity contribution in [1.29, 1.82) is 5.26 Å². The lowest BCUT2D eigenvalue weighted by Crippen LogP contribution is -2.57. The van der Waals surface area contributed by atoms with E-state index in [1.165, 1.54) is 5.69 Å². The fourth-order valence-electron chi connectivity index (χ4n) is 4.37. The third kappa shape index (κ3) is 4.41. The Morgan fingerprint density at radius 2 is 1.85 bits per heavy atom. The minimum atomic E-state index is -0.307. The number of hydrogen-bond donors (Lipinski definition) is 1. The van der Waals surface area contributed by atoms with Crippen LogP contribution in [0.2, 0.25) is 0 Å². The molecule has 1 heterocycles. The van der Waals surface area contributed by atoms with Crippen LogP contribution in [0.3, 0.4) is 0 Å². The number of amides is 2. The number of piperazine rings is 1. The summed E-state index contributed by atoms with van der Waals surface area (Å²) in [5, 5.41) is 11.4. The van der Waals surface area contributed by atoms with Gasteiger partial charge in [-0.25, -0.2) is 0 Å². The van der Waals surface area contributed by atoms with Gasteiger partial charge in [-0.15, -0.1) is 0 Å². The second kappa shape index (κ2) is 8.90. The Kier molecular flexibility index (Phi) is 6.33. The van der Waals surface area contributed by atoms with E-state index in [2.05, 4.69) is 29.3 Å². The van der Waals surface area contributed by atoms with Gasteiger partial charge in [0.05, 0.1) is 6.07 Å². The van der Waals surface area contributed by atoms with Crippen molar-refractivity contribution in [3.8, 4) is 6.07 Å². The molecule has 0 spiro atoms. The zero-order valence-electron chi connectivity index (χ0n) is 15.9. The molecule has 1 N–H and O–H groups in total. The van der Waals surface area contributed by atoms with Crippen LogP contribution in [0, 0.1) is 23.2 Å². The molecule has 1 aromatic rings. The minimum Gasteiger partial charge on any atom is -0.368 e. The number of para-hydroxylation sites is 1.